The molecule has 0 fully saturated rings. The van der Waals surface area contributed by atoms with E-state index in [0.29, 0.717) is 27.2 Å². The van der Waals surface area contributed by atoms with Gasteiger partial charge >= 0.3 is 12.0 Å². The third-order valence-electron chi connectivity index (χ3n) is 3.88. The highest BCUT2D eigenvalue weighted by Gasteiger charge is 2.22. The number of rotatable bonds is 5. The van der Waals surface area contributed by atoms with E-state index in [1.165, 1.54) is 12.1 Å². The van der Waals surface area contributed by atoms with Gasteiger partial charge < -0.3 is 20.7 Å². The second-order valence-electron chi connectivity index (χ2n) is 5.68. The van der Waals surface area contributed by atoms with Crippen LogP contribution in [-0.2, 0) is 11.2 Å². The number of anilines is 1. The molecule has 1 heterocycles. The maximum atomic E-state index is 13.3. The molecule has 1 atom stereocenters. The minimum absolute atomic E-state index is 0.0386. The Morgan fingerprint density at radius 1 is 1.23 bits per heavy atom. The predicted molar refractivity (Wildman–Crippen MR) is 97.0 cm³/mol. The van der Waals surface area contributed by atoms with Crippen molar-refractivity contribution in [2.75, 3.05) is 5.32 Å². The van der Waals surface area contributed by atoms with Crippen LogP contribution in [0.3, 0.4) is 0 Å². The van der Waals surface area contributed by atoms with Crippen molar-refractivity contribution >= 4 is 40.2 Å². The lowest BCUT2D eigenvalue weighted by molar-refractivity contribution is -0.139. The number of hydrogen-bond donors (Lipinski definition) is 4. The summed E-state index contributed by atoms with van der Waals surface area (Å²) in [6.45, 7) is 0. The van der Waals surface area contributed by atoms with Crippen LogP contribution in [0.1, 0.15) is 5.56 Å². The number of carbonyl (C=O) groups is 2. The van der Waals surface area contributed by atoms with Gasteiger partial charge in [0.2, 0.25) is 0 Å². The third-order valence-corrected chi connectivity index (χ3v) is 4.21. The highest BCUT2D eigenvalue weighted by molar-refractivity contribution is 6.33. The smallest absolute Gasteiger partial charge is 0.326 e. The summed E-state index contributed by atoms with van der Waals surface area (Å²) in [6, 6.07) is 8.96. The van der Waals surface area contributed by atoms with Crippen LogP contribution in [0.4, 0.5) is 14.9 Å². The van der Waals surface area contributed by atoms with Crippen molar-refractivity contribution < 1.29 is 19.1 Å². The number of H-pyrrole nitrogens is 1. The summed E-state index contributed by atoms with van der Waals surface area (Å²) in [5.41, 5.74) is 1.59. The zero-order chi connectivity index (χ0) is 18.7. The predicted octanol–water partition coefficient (Wildman–Crippen LogP) is 3.78. The van der Waals surface area contributed by atoms with Gasteiger partial charge in [0.25, 0.3) is 0 Å². The standard InChI is InChI=1S/C18H15ClFN3O3/c19-13-3-1-2-4-14(13)22-18(26)23-16(17(24)25)7-10-9-21-15-8-11(20)5-6-12(10)15/h1-6,8-9,16,21H,7H2,(H,24,25)(H2,22,23,26)/t16-/m1/s1. The summed E-state index contributed by atoms with van der Waals surface area (Å²) in [6.07, 6.45) is 1.64. The van der Waals surface area contributed by atoms with Crippen LogP contribution in [-0.4, -0.2) is 28.1 Å². The van der Waals surface area contributed by atoms with Gasteiger partial charge in [0.05, 0.1) is 10.7 Å². The first kappa shape index (κ1) is 17.8. The van der Waals surface area contributed by atoms with E-state index in [9.17, 15) is 19.1 Å². The summed E-state index contributed by atoms with van der Waals surface area (Å²) >= 11 is 5.97. The van der Waals surface area contributed by atoms with Gasteiger partial charge in [0, 0.05) is 23.5 Å². The lowest BCUT2D eigenvalue weighted by Crippen LogP contribution is -2.44. The number of carboxylic acid groups (broad SMARTS) is 1. The summed E-state index contributed by atoms with van der Waals surface area (Å²) in [5.74, 6) is -1.58. The van der Waals surface area contributed by atoms with E-state index in [2.05, 4.69) is 15.6 Å². The van der Waals surface area contributed by atoms with E-state index in [1.54, 1.807) is 36.5 Å². The van der Waals surface area contributed by atoms with Gasteiger partial charge in [-0.3, -0.25) is 0 Å². The van der Waals surface area contributed by atoms with Crippen LogP contribution in [0.25, 0.3) is 10.9 Å². The molecule has 0 bridgehead atoms. The number of para-hydroxylation sites is 1. The molecule has 0 aliphatic rings. The minimum Gasteiger partial charge on any atom is -0.480 e. The van der Waals surface area contributed by atoms with Crippen LogP contribution in [0.15, 0.2) is 48.7 Å². The van der Waals surface area contributed by atoms with E-state index >= 15 is 0 Å². The van der Waals surface area contributed by atoms with Crippen LogP contribution in [0, 0.1) is 5.82 Å². The van der Waals surface area contributed by atoms with Crippen LogP contribution in [0.5, 0.6) is 0 Å². The Morgan fingerprint density at radius 2 is 2.00 bits per heavy atom. The Labute approximate surface area is 153 Å². The Bertz CT molecular complexity index is 973. The van der Waals surface area contributed by atoms with Crippen molar-refractivity contribution in [3.63, 3.8) is 0 Å². The van der Waals surface area contributed by atoms with Gasteiger partial charge in [-0.25, -0.2) is 14.0 Å². The summed E-state index contributed by atoms with van der Waals surface area (Å²) in [7, 11) is 0. The van der Waals surface area contributed by atoms with Crippen LogP contribution < -0.4 is 10.6 Å². The molecular formula is C18H15ClFN3O3. The number of urea groups is 1. The third kappa shape index (κ3) is 3.94. The number of halogens is 2. The number of aromatic amines is 1. The molecule has 26 heavy (non-hydrogen) atoms. The monoisotopic (exact) mass is 375 g/mol. The summed E-state index contributed by atoms with van der Waals surface area (Å²) in [4.78, 5) is 26.5. The van der Waals surface area contributed by atoms with E-state index < -0.39 is 23.9 Å². The topological polar surface area (TPSA) is 94.2 Å². The number of carbonyl (C=O) groups excluding carboxylic acids is 1. The molecule has 4 N–H and O–H groups in total. The van der Waals surface area contributed by atoms with Crippen molar-refractivity contribution in [2.45, 2.75) is 12.5 Å². The lowest BCUT2D eigenvalue weighted by atomic mass is 10.1. The van der Waals surface area contributed by atoms with E-state index in [-0.39, 0.29) is 6.42 Å². The van der Waals surface area contributed by atoms with Crippen LogP contribution in [0.2, 0.25) is 5.02 Å². The molecule has 3 aromatic rings. The molecule has 2 aromatic carbocycles. The number of aliphatic carboxylic acids is 1. The maximum absolute atomic E-state index is 13.3. The largest absolute Gasteiger partial charge is 0.480 e. The number of amides is 2. The molecule has 0 unspecified atom stereocenters. The number of aromatic nitrogens is 1. The van der Waals surface area contributed by atoms with E-state index in [0.717, 1.165) is 0 Å². The van der Waals surface area contributed by atoms with Gasteiger partial charge in [-0.1, -0.05) is 23.7 Å². The minimum atomic E-state index is -1.18. The lowest BCUT2D eigenvalue weighted by Gasteiger charge is -2.15. The number of hydrogen-bond acceptors (Lipinski definition) is 2. The van der Waals surface area contributed by atoms with Crippen molar-refractivity contribution in [1.82, 2.24) is 10.3 Å². The molecule has 0 saturated carbocycles. The maximum Gasteiger partial charge on any atom is 0.326 e. The normalized spacial score (nSPS) is 11.9. The molecule has 0 aliphatic heterocycles. The molecule has 0 saturated heterocycles. The zero-order valence-corrected chi connectivity index (χ0v) is 14.2. The molecule has 0 spiro atoms. The molecule has 134 valence electrons. The van der Waals surface area contributed by atoms with Crippen molar-refractivity contribution in [1.29, 1.82) is 0 Å². The highest BCUT2D eigenvalue weighted by Crippen LogP contribution is 2.22. The summed E-state index contributed by atoms with van der Waals surface area (Å²) in [5, 5.41) is 15.4. The fourth-order valence-corrected chi connectivity index (χ4v) is 2.81. The molecule has 6 nitrogen and oxygen atoms in total. The van der Waals surface area contributed by atoms with Gasteiger partial charge in [-0.2, -0.15) is 0 Å². The molecule has 2 amide bonds. The Kier molecular flexibility index (Phi) is 5.09. The first-order chi connectivity index (χ1) is 12.4. The Balaban J connectivity index is 1.73. The first-order valence-electron chi connectivity index (χ1n) is 7.74. The Morgan fingerprint density at radius 3 is 2.73 bits per heavy atom. The SMILES string of the molecule is O=C(Nc1ccccc1Cl)N[C@H](Cc1c[nH]c2cc(F)ccc12)C(=O)O. The molecule has 0 aliphatic carbocycles. The summed E-state index contributed by atoms with van der Waals surface area (Å²) < 4.78 is 13.3. The molecule has 3 rings (SSSR count). The van der Waals surface area contributed by atoms with Gasteiger partial charge in [0.1, 0.15) is 11.9 Å². The number of carboxylic acids is 1. The molecule has 0 radical (unpaired) electrons. The number of nitrogens with one attached hydrogen (secondary N) is 3. The fourth-order valence-electron chi connectivity index (χ4n) is 2.63. The molecule has 8 heteroatoms. The van der Waals surface area contributed by atoms with Gasteiger partial charge in [0.15, 0.2) is 0 Å². The second kappa shape index (κ2) is 7.45. The van der Waals surface area contributed by atoms with Crippen LogP contribution >= 0.6 is 11.6 Å². The zero-order valence-electron chi connectivity index (χ0n) is 13.4. The Hall–Kier alpha value is -3.06. The number of fused-ring (bicyclic) bond motifs is 1. The van der Waals surface area contributed by atoms with Crippen molar-refractivity contribution in [3.8, 4) is 0 Å². The molecule has 1 aromatic heterocycles. The van der Waals surface area contributed by atoms with Gasteiger partial charge in [-0.05, 0) is 35.9 Å². The first-order valence-corrected chi connectivity index (χ1v) is 8.12. The van der Waals surface area contributed by atoms with E-state index in [1.807, 2.05) is 0 Å². The average Bonchev–Trinajstić information content (AvgIpc) is 2.98. The van der Waals surface area contributed by atoms with Crippen molar-refractivity contribution in [2.24, 2.45) is 0 Å². The number of benzene rings is 2. The molecular weight excluding hydrogens is 361 g/mol. The average molecular weight is 376 g/mol. The highest BCUT2D eigenvalue weighted by atomic mass is 35.5. The van der Waals surface area contributed by atoms with Gasteiger partial charge in [-0.15, -0.1) is 0 Å². The second-order valence-corrected chi connectivity index (χ2v) is 6.08. The quantitative estimate of drug-likeness (QED) is 0.546. The van der Waals surface area contributed by atoms with E-state index in [4.69, 9.17) is 11.6 Å². The van der Waals surface area contributed by atoms with Crippen molar-refractivity contribution in [3.05, 3.63) is 65.1 Å². The fraction of sp³-hybridized carbons (Fsp3) is 0.111.